The zero-order valence-electron chi connectivity index (χ0n) is 8.38. The average molecular weight is 219 g/mol. The van der Waals surface area contributed by atoms with Gasteiger partial charge in [0, 0.05) is 11.3 Å². The maximum absolute atomic E-state index is 8.68. The molecule has 0 atom stereocenters. The second-order valence-corrected chi connectivity index (χ2v) is 4.17. The SMILES string of the molecule is CC(C)c1ncnn1-c1csc(C#N)n1. The molecule has 2 rings (SSSR count). The first-order valence-corrected chi connectivity index (χ1v) is 5.36. The molecule has 0 saturated carbocycles. The van der Waals surface area contributed by atoms with E-state index in [1.54, 1.807) is 10.1 Å². The molecular weight excluding hydrogens is 210 g/mol. The molecule has 2 aromatic rings. The summed E-state index contributed by atoms with van der Waals surface area (Å²) < 4.78 is 1.67. The van der Waals surface area contributed by atoms with Crippen LogP contribution in [0, 0.1) is 11.3 Å². The first-order chi connectivity index (χ1) is 7.22. The highest BCUT2D eigenvalue weighted by Gasteiger charge is 2.12. The van der Waals surface area contributed by atoms with Crippen molar-refractivity contribution in [3.05, 3.63) is 22.5 Å². The molecule has 5 nitrogen and oxygen atoms in total. The molecule has 0 spiro atoms. The van der Waals surface area contributed by atoms with Gasteiger partial charge in [0.2, 0.25) is 0 Å². The Labute approximate surface area is 91.0 Å². The molecule has 0 unspecified atom stereocenters. The lowest BCUT2D eigenvalue weighted by molar-refractivity contribution is 0.705. The number of hydrogen-bond acceptors (Lipinski definition) is 5. The van der Waals surface area contributed by atoms with Crippen molar-refractivity contribution < 1.29 is 0 Å². The van der Waals surface area contributed by atoms with Gasteiger partial charge in [-0.1, -0.05) is 13.8 Å². The first-order valence-electron chi connectivity index (χ1n) is 4.48. The van der Waals surface area contributed by atoms with E-state index in [-0.39, 0.29) is 5.92 Å². The molecule has 76 valence electrons. The van der Waals surface area contributed by atoms with Crippen molar-refractivity contribution in [1.82, 2.24) is 19.7 Å². The quantitative estimate of drug-likeness (QED) is 0.771. The molecule has 0 aromatic carbocycles. The maximum atomic E-state index is 8.68. The molecule has 6 heteroatoms. The summed E-state index contributed by atoms with van der Waals surface area (Å²) in [5.74, 6) is 1.79. The Kier molecular flexibility index (Phi) is 2.47. The van der Waals surface area contributed by atoms with Gasteiger partial charge < -0.3 is 0 Å². The smallest absolute Gasteiger partial charge is 0.196 e. The number of nitriles is 1. The highest BCUT2D eigenvalue weighted by Crippen LogP contribution is 2.17. The molecule has 0 aliphatic carbocycles. The molecule has 0 radical (unpaired) electrons. The van der Waals surface area contributed by atoms with Gasteiger partial charge in [-0.2, -0.15) is 15.0 Å². The molecule has 0 aliphatic rings. The maximum Gasteiger partial charge on any atom is 0.196 e. The standard InChI is InChI=1S/C9H9N5S/c1-6(2)9-11-5-12-14(9)7-4-15-8(3-10)13-7/h4-6H,1-2H3. The largest absolute Gasteiger partial charge is 0.219 e. The van der Waals surface area contributed by atoms with Gasteiger partial charge in [-0.05, 0) is 0 Å². The number of aromatic nitrogens is 4. The van der Waals surface area contributed by atoms with Crippen LogP contribution >= 0.6 is 11.3 Å². The van der Waals surface area contributed by atoms with Crippen LogP contribution in [0.4, 0.5) is 0 Å². The van der Waals surface area contributed by atoms with Gasteiger partial charge in [0.25, 0.3) is 0 Å². The zero-order valence-corrected chi connectivity index (χ0v) is 9.19. The Morgan fingerprint density at radius 1 is 1.53 bits per heavy atom. The first kappa shape index (κ1) is 9.80. The Morgan fingerprint density at radius 2 is 2.33 bits per heavy atom. The number of hydrogen-bond donors (Lipinski definition) is 0. The number of nitrogens with zero attached hydrogens (tertiary/aromatic N) is 5. The van der Waals surface area contributed by atoms with Gasteiger partial charge in [-0.25, -0.2) is 9.97 Å². The lowest BCUT2D eigenvalue weighted by Gasteiger charge is -2.04. The molecule has 0 fully saturated rings. The van der Waals surface area contributed by atoms with Crippen molar-refractivity contribution in [3.8, 4) is 11.9 Å². The molecule has 0 amide bonds. The summed E-state index contributed by atoms with van der Waals surface area (Å²) in [6.07, 6.45) is 1.50. The molecule has 0 bridgehead atoms. The predicted octanol–water partition coefficient (Wildman–Crippen LogP) is 1.72. The normalized spacial score (nSPS) is 10.5. The van der Waals surface area contributed by atoms with Gasteiger partial charge in [-0.15, -0.1) is 11.3 Å². The fraction of sp³-hybridized carbons (Fsp3) is 0.333. The number of rotatable bonds is 2. The molecule has 0 aliphatic heterocycles. The van der Waals surface area contributed by atoms with E-state index in [1.165, 1.54) is 17.7 Å². The van der Waals surface area contributed by atoms with Crippen LogP contribution in [0.1, 0.15) is 30.6 Å². The Hall–Kier alpha value is -1.74. The summed E-state index contributed by atoms with van der Waals surface area (Å²) in [6, 6.07) is 2.00. The van der Waals surface area contributed by atoms with Crippen molar-refractivity contribution in [2.24, 2.45) is 0 Å². The monoisotopic (exact) mass is 219 g/mol. The summed E-state index contributed by atoms with van der Waals surface area (Å²) in [5.41, 5.74) is 0. The van der Waals surface area contributed by atoms with E-state index in [9.17, 15) is 0 Å². The Balaban J connectivity index is 2.45. The van der Waals surface area contributed by atoms with E-state index in [4.69, 9.17) is 5.26 Å². The number of thiazole rings is 1. The van der Waals surface area contributed by atoms with E-state index in [1.807, 2.05) is 19.9 Å². The van der Waals surface area contributed by atoms with E-state index in [0.717, 1.165) is 5.82 Å². The van der Waals surface area contributed by atoms with E-state index >= 15 is 0 Å². The lowest BCUT2D eigenvalue weighted by atomic mass is 10.2. The molecular formula is C9H9N5S. The summed E-state index contributed by atoms with van der Waals surface area (Å²) in [4.78, 5) is 8.29. The zero-order chi connectivity index (χ0) is 10.8. The summed E-state index contributed by atoms with van der Waals surface area (Å²) in [6.45, 7) is 4.08. The van der Waals surface area contributed by atoms with Crippen LogP contribution in [-0.2, 0) is 0 Å². The second-order valence-electron chi connectivity index (χ2n) is 3.31. The van der Waals surface area contributed by atoms with Gasteiger partial charge in [-0.3, -0.25) is 0 Å². The van der Waals surface area contributed by atoms with Crippen LogP contribution in [0.25, 0.3) is 5.82 Å². The molecule has 2 heterocycles. The lowest BCUT2D eigenvalue weighted by Crippen LogP contribution is -2.05. The molecule has 15 heavy (non-hydrogen) atoms. The third-order valence-electron chi connectivity index (χ3n) is 1.90. The van der Waals surface area contributed by atoms with Crippen LogP contribution in [0.15, 0.2) is 11.7 Å². The summed E-state index contributed by atoms with van der Waals surface area (Å²) >= 11 is 1.31. The third kappa shape index (κ3) is 1.74. The van der Waals surface area contributed by atoms with Crippen molar-refractivity contribution in [3.63, 3.8) is 0 Å². The predicted molar refractivity (Wildman–Crippen MR) is 55.8 cm³/mol. The Morgan fingerprint density at radius 3 is 2.93 bits per heavy atom. The van der Waals surface area contributed by atoms with Crippen molar-refractivity contribution in [1.29, 1.82) is 5.26 Å². The fourth-order valence-corrected chi connectivity index (χ4v) is 1.80. The van der Waals surface area contributed by atoms with E-state index in [2.05, 4.69) is 15.1 Å². The minimum atomic E-state index is 0.278. The van der Waals surface area contributed by atoms with Gasteiger partial charge in [0.05, 0.1) is 0 Å². The van der Waals surface area contributed by atoms with Crippen LogP contribution in [-0.4, -0.2) is 19.7 Å². The summed E-state index contributed by atoms with van der Waals surface area (Å²) in [7, 11) is 0. The van der Waals surface area contributed by atoms with E-state index in [0.29, 0.717) is 10.8 Å². The van der Waals surface area contributed by atoms with E-state index < -0.39 is 0 Å². The van der Waals surface area contributed by atoms with Gasteiger partial charge in [0.1, 0.15) is 18.2 Å². The van der Waals surface area contributed by atoms with Crippen LogP contribution in [0.5, 0.6) is 0 Å². The van der Waals surface area contributed by atoms with Crippen molar-refractivity contribution >= 4 is 11.3 Å². The minimum absolute atomic E-state index is 0.278. The topological polar surface area (TPSA) is 67.4 Å². The molecule has 0 N–H and O–H groups in total. The fourth-order valence-electron chi connectivity index (χ4n) is 1.23. The van der Waals surface area contributed by atoms with Crippen LogP contribution in [0.3, 0.4) is 0 Å². The minimum Gasteiger partial charge on any atom is -0.219 e. The van der Waals surface area contributed by atoms with Crippen molar-refractivity contribution in [2.75, 3.05) is 0 Å². The van der Waals surface area contributed by atoms with Gasteiger partial charge >= 0.3 is 0 Å². The van der Waals surface area contributed by atoms with Crippen LogP contribution in [0.2, 0.25) is 0 Å². The third-order valence-corrected chi connectivity index (χ3v) is 2.63. The Bertz CT molecular complexity index is 505. The molecule has 2 aromatic heterocycles. The van der Waals surface area contributed by atoms with Crippen molar-refractivity contribution in [2.45, 2.75) is 19.8 Å². The van der Waals surface area contributed by atoms with Gasteiger partial charge in [0.15, 0.2) is 10.8 Å². The highest BCUT2D eigenvalue weighted by molar-refractivity contribution is 7.10. The van der Waals surface area contributed by atoms with Crippen LogP contribution < -0.4 is 0 Å². The summed E-state index contributed by atoms with van der Waals surface area (Å²) in [5, 5.41) is 15.0. The highest BCUT2D eigenvalue weighted by atomic mass is 32.1. The molecule has 0 saturated heterocycles. The second kappa shape index (κ2) is 3.79. The average Bonchev–Trinajstić information content (AvgIpc) is 2.85.